The van der Waals surface area contributed by atoms with Gasteiger partial charge in [-0.1, -0.05) is 0 Å². The van der Waals surface area contributed by atoms with E-state index in [0.717, 1.165) is 11.3 Å². The van der Waals surface area contributed by atoms with Crippen molar-refractivity contribution in [2.75, 3.05) is 13.7 Å². The van der Waals surface area contributed by atoms with E-state index in [1.807, 2.05) is 31.2 Å². The van der Waals surface area contributed by atoms with Crippen LogP contribution in [-0.4, -0.2) is 36.5 Å². The van der Waals surface area contributed by atoms with Gasteiger partial charge < -0.3 is 19.8 Å². The molecule has 2 N–H and O–H groups in total. The Balaban J connectivity index is 1.86. The van der Waals surface area contributed by atoms with E-state index in [1.54, 1.807) is 20.2 Å². The van der Waals surface area contributed by atoms with Crippen LogP contribution in [0.2, 0.25) is 0 Å². The second-order valence-electron chi connectivity index (χ2n) is 5.53. The Bertz CT molecular complexity index is 709. The molecule has 2 rings (SSSR count). The van der Waals surface area contributed by atoms with Crippen molar-refractivity contribution >= 4 is 11.8 Å². The zero-order valence-corrected chi connectivity index (χ0v) is 14.7. The fourth-order valence-electron chi connectivity index (χ4n) is 2.24. The van der Waals surface area contributed by atoms with E-state index in [4.69, 9.17) is 9.15 Å². The third-order valence-electron chi connectivity index (χ3n) is 3.62. The van der Waals surface area contributed by atoms with E-state index in [1.165, 1.54) is 0 Å². The van der Waals surface area contributed by atoms with Crippen molar-refractivity contribution in [3.8, 4) is 17.1 Å². The smallest absolute Gasteiger partial charge is 0.242 e. The SMILES string of the molecule is CCNC(=O)[C@@H](C)NC(=O)CCc1ncc(-c2ccc(OC)cc2)o1. The molecule has 0 aliphatic rings. The normalized spacial score (nSPS) is 11.6. The summed E-state index contributed by atoms with van der Waals surface area (Å²) in [7, 11) is 1.61. The number of carbonyl (C=O) groups excluding carboxylic acids is 2. The van der Waals surface area contributed by atoms with Crippen LogP contribution in [0.15, 0.2) is 34.9 Å². The molecule has 0 aliphatic heterocycles. The summed E-state index contributed by atoms with van der Waals surface area (Å²) in [6.07, 6.45) is 2.20. The van der Waals surface area contributed by atoms with Gasteiger partial charge in [0.1, 0.15) is 11.8 Å². The predicted molar refractivity (Wildman–Crippen MR) is 93.1 cm³/mol. The number of aryl methyl sites for hydroxylation is 1. The zero-order chi connectivity index (χ0) is 18.2. The van der Waals surface area contributed by atoms with Crippen molar-refractivity contribution in [1.82, 2.24) is 15.6 Å². The van der Waals surface area contributed by atoms with Crippen molar-refractivity contribution in [2.45, 2.75) is 32.7 Å². The molecule has 134 valence electrons. The molecule has 0 saturated carbocycles. The van der Waals surface area contributed by atoms with Crippen LogP contribution < -0.4 is 15.4 Å². The summed E-state index contributed by atoms with van der Waals surface area (Å²) in [5, 5.41) is 5.31. The summed E-state index contributed by atoms with van der Waals surface area (Å²) in [6.45, 7) is 4.01. The predicted octanol–water partition coefficient (Wildman–Crippen LogP) is 1.92. The van der Waals surface area contributed by atoms with Crippen LogP contribution in [0.1, 0.15) is 26.2 Å². The molecule has 1 atom stereocenters. The van der Waals surface area contributed by atoms with E-state index in [2.05, 4.69) is 15.6 Å². The monoisotopic (exact) mass is 345 g/mol. The van der Waals surface area contributed by atoms with Gasteiger partial charge in [0.2, 0.25) is 11.8 Å². The molecule has 0 fully saturated rings. The average molecular weight is 345 g/mol. The minimum atomic E-state index is -0.563. The lowest BCUT2D eigenvalue weighted by molar-refractivity contribution is -0.128. The Hall–Kier alpha value is -2.83. The Morgan fingerprint density at radius 3 is 2.64 bits per heavy atom. The molecular weight excluding hydrogens is 322 g/mol. The summed E-state index contributed by atoms with van der Waals surface area (Å²) in [6, 6.07) is 6.88. The Labute approximate surface area is 146 Å². The van der Waals surface area contributed by atoms with Crippen molar-refractivity contribution < 1.29 is 18.7 Å². The maximum absolute atomic E-state index is 11.9. The molecule has 0 bridgehead atoms. The molecule has 0 aliphatic carbocycles. The number of ether oxygens (including phenoxy) is 1. The Kier molecular flexibility index (Phi) is 6.56. The standard InChI is InChI=1S/C18H23N3O4/c1-4-19-18(23)12(2)21-16(22)9-10-17-20-11-15(25-17)13-5-7-14(24-3)8-6-13/h5-8,11-12H,4,9-10H2,1-3H3,(H,19,23)(H,21,22)/t12-/m1/s1. The van der Waals surface area contributed by atoms with Gasteiger partial charge in [0.05, 0.1) is 13.3 Å². The second-order valence-corrected chi connectivity index (χ2v) is 5.53. The van der Waals surface area contributed by atoms with Crippen molar-refractivity contribution in [3.63, 3.8) is 0 Å². The molecular formula is C18H23N3O4. The number of nitrogens with one attached hydrogen (secondary N) is 2. The zero-order valence-electron chi connectivity index (χ0n) is 14.7. The van der Waals surface area contributed by atoms with Gasteiger partial charge in [0.15, 0.2) is 11.7 Å². The fraction of sp³-hybridized carbons (Fsp3) is 0.389. The molecule has 0 spiro atoms. The quantitative estimate of drug-likeness (QED) is 0.762. The van der Waals surface area contributed by atoms with E-state index >= 15 is 0 Å². The van der Waals surface area contributed by atoms with Gasteiger partial charge in [0, 0.05) is 24.9 Å². The van der Waals surface area contributed by atoms with Gasteiger partial charge >= 0.3 is 0 Å². The number of hydrogen-bond acceptors (Lipinski definition) is 5. The lowest BCUT2D eigenvalue weighted by atomic mass is 10.2. The molecule has 25 heavy (non-hydrogen) atoms. The molecule has 0 radical (unpaired) electrons. The third-order valence-corrected chi connectivity index (χ3v) is 3.62. The summed E-state index contributed by atoms with van der Waals surface area (Å²) in [5.41, 5.74) is 0.883. The number of nitrogens with zero attached hydrogens (tertiary/aromatic N) is 1. The number of likely N-dealkylation sites (N-methyl/N-ethyl adjacent to an activating group) is 1. The summed E-state index contributed by atoms with van der Waals surface area (Å²) < 4.78 is 10.8. The van der Waals surface area contributed by atoms with Crippen LogP contribution in [0.25, 0.3) is 11.3 Å². The Morgan fingerprint density at radius 2 is 2.00 bits per heavy atom. The first-order chi connectivity index (χ1) is 12.0. The third kappa shape index (κ3) is 5.34. The average Bonchev–Trinajstić information content (AvgIpc) is 3.09. The molecule has 0 saturated heterocycles. The number of carbonyl (C=O) groups is 2. The molecule has 7 nitrogen and oxygen atoms in total. The van der Waals surface area contributed by atoms with Crippen molar-refractivity contribution in [3.05, 3.63) is 36.4 Å². The van der Waals surface area contributed by atoms with Gasteiger partial charge in [0.25, 0.3) is 0 Å². The van der Waals surface area contributed by atoms with Gasteiger partial charge in [-0.25, -0.2) is 4.98 Å². The summed E-state index contributed by atoms with van der Waals surface area (Å²) in [4.78, 5) is 27.7. The first kappa shape index (κ1) is 18.5. The first-order valence-corrected chi connectivity index (χ1v) is 8.19. The van der Waals surface area contributed by atoms with E-state index < -0.39 is 6.04 Å². The highest BCUT2D eigenvalue weighted by Crippen LogP contribution is 2.23. The van der Waals surface area contributed by atoms with Crippen LogP contribution in [0, 0.1) is 0 Å². The van der Waals surface area contributed by atoms with Gasteiger partial charge in [-0.15, -0.1) is 0 Å². The highest BCUT2D eigenvalue weighted by molar-refractivity contribution is 5.87. The number of rotatable bonds is 8. The maximum atomic E-state index is 11.9. The van der Waals surface area contributed by atoms with Crippen LogP contribution >= 0.6 is 0 Å². The van der Waals surface area contributed by atoms with Gasteiger partial charge in [-0.05, 0) is 38.1 Å². The lowest BCUT2D eigenvalue weighted by Crippen LogP contribution is -2.44. The second kappa shape index (κ2) is 8.86. The molecule has 7 heteroatoms. The first-order valence-electron chi connectivity index (χ1n) is 8.19. The highest BCUT2D eigenvalue weighted by Gasteiger charge is 2.15. The van der Waals surface area contributed by atoms with Gasteiger partial charge in [-0.3, -0.25) is 9.59 Å². The molecule has 1 aromatic heterocycles. The van der Waals surface area contributed by atoms with Gasteiger partial charge in [-0.2, -0.15) is 0 Å². The molecule has 1 aromatic carbocycles. The number of amides is 2. The van der Waals surface area contributed by atoms with Crippen LogP contribution in [0.3, 0.4) is 0 Å². The molecule has 1 heterocycles. The topological polar surface area (TPSA) is 93.5 Å². The summed E-state index contributed by atoms with van der Waals surface area (Å²) in [5.74, 6) is 1.46. The number of oxazole rings is 1. The van der Waals surface area contributed by atoms with Crippen LogP contribution in [0.5, 0.6) is 5.75 Å². The molecule has 2 amide bonds. The molecule has 2 aromatic rings. The Morgan fingerprint density at radius 1 is 1.28 bits per heavy atom. The lowest BCUT2D eigenvalue weighted by Gasteiger charge is -2.12. The fourth-order valence-corrected chi connectivity index (χ4v) is 2.24. The summed E-state index contributed by atoms with van der Waals surface area (Å²) >= 11 is 0. The number of hydrogen-bond donors (Lipinski definition) is 2. The van der Waals surface area contributed by atoms with Crippen molar-refractivity contribution in [1.29, 1.82) is 0 Å². The van der Waals surface area contributed by atoms with Crippen molar-refractivity contribution in [2.24, 2.45) is 0 Å². The van der Waals surface area contributed by atoms with Crippen LogP contribution in [0.4, 0.5) is 0 Å². The van der Waals surface area contributed by atoms with E-state index in [9.17, 15) is 9.59 Å². The minimum absolute atomic E-state index is 0.200. The number of methoxy groups -OCH3 is 1. The maximum Gasteiger partial charge on any atom is 0.242 e. The molecule has 0 unspecified atom stereocenters. The van der Waals surface area contributed by atoms with Crippen LogP contribution in [-0.2, 0) is 16.0 Å². The number of benzene rings is 1. The highest BCUT2D eigenvalue weighted by atomic mass is 16.5. The largest absolute Gasteiger partial charge is 0.497 e. The van der Waals surface area contributed by atoms with E-state index in [-0.39, 0.29) is 18.2 Å². The minimum Gasteiger partial charge on any atom is -0.497 e. The van der Waals surface area contributed by atoms with E-state index in [0.29, 0.717) is 24.6 Å². The number of aromatic nitrogens is 1.